The quantitative estimate of drug-likeness (QED) is 0.634. The zero-order chi connectivity index (χ0) is 13.7. The summed E-state index contributed by atoms with van der Waals surface area (Å²) in [5.74, 6) is -0.245. The van der Waals surface area contributed by atoms with E-state index in [0.717, 1.165) is 0 Å². The molecule has 0 saturated carbocycles. The molecule has 18 heavy (non-hydrogen) atoms. The molecule has 98 valence electrons. The maximum absolute atomic E-state index is 11.5. The molecule has 1 aromatic carbocycles. The van der Waals surface area contributed by atoms with E-state index in [-0.39, 0.29) is 24.6 Å². The lowest BCUT2D eigenvalue weighted by Crippen LogP contribution is -2.31. The summed E-state index contributed by atoms with van der Waals surface area (Å²) in [5, 5.41) is 22.1. The number of carbonyl (C=O) groups is 1. The summed E-state index contributed by atoms with van der Waals surface area (Å²) in [6.07, 6.45) is -0.500. The third kappa shape index (κ3) is 4.42. The molecule has 0 aliphatic carbocycles. The van der Waals surface area contributed by atoms with Crippen molar-refractivity contribution in [2.75, 3.05) is 6.54 Å². The van der Waals surface area contributed by atoms with Gasteiger partial charge in [-0.2, -0.15) is 0 Å². The molecule has 6 nitrogen and oxygen atoms in total. The van der Waals surface area contributed by atoms with Gasteiger partial charge in [-0.05, 0) is 12.5 Å². The van der Waals surface area contributed by atoms with Crippen LogP contribution in [0.1, 0.15) is 12.5 Å². The van der Waals surface area contributed by atoms with Crippen LogP contribution in [0, 0.1) is 10.1 Å². The molecule has 1 aromatic rings. The lowest BCUT2D eigenvalue weighted by molar-refractivity contribution is -0.384. The SMILES string of the molecule is C[C@H](O)CNC(=O)Cc1ccc([N+](=O)[O-])cc1Br. The Morgan fingerprint density at radius 3 is 2.78 bits per heavy atom. The van der Waals surface area contributed by atoms with E-state index in [0.29, 0.717) is 10.0 Å². The predicted molar refractivity (Wildman–Crippen MR) is 69.2 cm³/mol. The average Bonchev–Trinajstić information content (AvgIpc) is 2.29. The Morgan fingerprint density at radius 2 is 2.28 bits per heavy atom. The van der Waals surface area contributed by atoms with Gasteiger partial charge in [0.25, 0.3) is 5.69 Å². The number of carbonyl (C=O) groups excluding carboxylic acids is 1. The highest BCUT2D eigenvalue weighted by Gasteiger charge is 2.12. The largest absolute Gasteiger partial charge is 0.392 e. The second-order valence-corrected chi connectivity index (χ2v) is 4.72. The molecule has 0 saturated heterocycles. The van der Waals surface area contributed by atoms with Gasteiger partial charge >= 0.3 is 0 Å². The van der Waals surface area contributed by atoms with Gasteiger partial charge in [-0.3, -0.25) is 14.9 Å². The van der Waals surface area contributed by atoms with Crippen molar-refractivity contribution in [1.29, 1.82) is 0 Å². The molecule has 0 aromatic heterocycles. The zero-order valence-corrected chi connectivity index (χ0v) is 11.3. The van der Waals surface area contributed by atoms with Crippen molar-refractivity contribution >= 4 is 27.5 Å². The van der Waals surface area contributed by atoms with Crippen LogP contribution in [-0.4, -0.2) is 28.6 Å². The number of nitro benzene ring substituents is 1. The van der Waals surface area contributed by atoms with Gasteiger partial charge in [-0.1, -0.05) is 22.0 Å². The van der Waals surface area contributed by atoms with Crippen molar-refractivity contribution in [1.82, 2.24) is 5.32 Å². The van der Waals surface area contributed by atoms with Crippen molar-refractivity contribution in [3.63, 3.8) is 0 Å². The van der Waals surface area contributed by atoms with Crippen molar-refractivity contribution in [3.05, 3.63) is 38.3 Å². The van der Waals surface area contributed by atoms with Crippen LogP contribution in [0.15, 0.2) is 22.7 Å². The first-order chi connectivity index (χ1) is 8.40. The maximum Gasteiger partial charge on any atom is 0.270 e. The number of aliphatic hydroxyl groups excluding tert-OH is 1. The molecule has 1 amide bonds. The summed E-state index contributed by atoms with van der Waals surface area (Å²) >= 11 is 3.19. The minimum atomic E-state index is -0.603. The number of hydrogen-bond acceptors (Lipinski definition) is 4. The Labute approximate surface area is 112 Å². The molecule has 0 heterocycles. The van der Waals surface area contributed by atoms with Crippen LogP contribution >= 0.6 is 15.9 Å². The molecule has 0 radical (unpaired) electrons. The molecular formula is C11H13BrN2O4. The molecule has 0 aliphatic heterocycles. The highest BCUT2D eigenvalue weighted by molar-refractivity contribution is 9.10. The van der Waals surface area contributed by atoms with E-state index in [1.807, 2.05) is 0 Å². The second kappa shape index (κ2) is 6.46. The first kappa shape index (κ1) is 14.6. The van der Waals surface area contributed by atoms with Crippen molar-refractivity contribution < 1.29 is 14.8 Å². The van der Waals surface area contributed by atoms with Gasteiger partial charge < -0.3 is 10.4 Å². The van der Waals surface area contributed by atoms with Gasteiger partial charge in [0.1, 0.15) is 0 Å². The van der Waals surface area contributed by atoms with Crippen LogP contribution < -0.4 is 5.32 Å². The first-order valence-electron chi connectivity index (χ1n) is 5.27. The Bertz CT molecular complexity index is 462. The number of benzene rings is 1. The molecule has 7 heteroatoms. The summed E-state index contributed by atoms with van der Waals surface area (Å²) in [5.41, 5.74) is 0.624. The highest BCUT2D eigenvalue weighted by atomic mass is 79.9. The van der Waals surface area contributed by atoms with Crippen molar-refractivity contribution in [2.45, 2.75) is 19.4 Å². The van der Waals surface area contributed by atoms with Crippen LogP contribution in [0.4, 0.5) is 5.69 Å². The van der Waals surface area contributed by atoms with E-state index in [1.54, 1.807) is 6.92 Å². The van der Waals surface area contributed by atoms with E-state index in [9.17, 15) is 14.9 Å². The number of hydrogen-bond donors (Lipinski definition) is 2. The Hall–Kier alpha value is -1.47. The molecule has 1 atom stereocenters. The molecule has 0 spiro atoms. The van der Waals surface area contributed by atoms with Crippen molar-refractivity contribution in [3.8, 4) is 0 Å². The number of non-ortho nitro benzene ring substituents is 1. The molecule has 1 rings (SSSR count). The van der Waals surface area contributed by atoms with E-state index in [2.05, 4.69) is 21.2 Å². The second-order valence-electron chi connectivity index (χ2n) is 3.86. The fourth-order valence-electron chi connectivity index (χ4n) is 1.29. The lowest BCUT2D eigenvalue weighted by Gasteiger charge is -2.08. The van der Waals surface area contributed by atoms with Gasteiger partial charge in [0.15, 0.2) is 0 Å². The molecule has 0 fully saturated rings. The van der Waals surface area contributed by atoms with Crippen LogP contribution in [0.3, 0.4) is 0 Å². The van der Waals surface area contributed by atoms with Gasteiger partial charge in [-0.15, -0.1) is 0 Å². The number of aliphatic hydroxyl groups is 1. The third-order valence-electron chi connectivity index (χ3n) is 2.19. The number of halogens is 1. The van der Waals surface area contributed by atoms with Crippen LogP contribution in [0.2, 0.25) is 0 Å². The Kier molecular flexibility index (Phi) is 5.24. The van der Waals surface area contributed by atoms with E-state index in [1.165, 1.54) is 18.2 Å². The monoisotopic (exact) mass is 316 g/mol. The Balaban J connectivity index is 2.68. The van der Waals surface area contributed by atoms with Gasteiger partial charge in [-0.25, -0.2) is 0 Å². The number of nitrogens with zero attached hydrogens (tertiary/aromatic N) is 1. The maximum atomic E-state index is 11.5. The van der Waals surface area contributed by atoms with E-state index >= 15 is 0 Å². The molecule has 0 unspecified atom stereocenters. The standard InChI is InChI=1S/C11H13BrN2O4/c1-7(15)6-13-11(16)4-8-2-3-9(14(17)18)5-10(8)12/h2-3,5,7,15H,4,6H2,1H3,(H,13,16)/t7-/m0/s1. The fourth-order valence-corrected chi connectivity index (χ4v) is 1.80. The van der Waals surface area contributed by atoms with Crippen LogP contribution in [0.25, 0.3) is 0 Å². The summed E-state index contributed by atoms with van der Waals surface area (Å²) in [7, 11) is 0. The molecule has 0 bridgehead atoms. The zero-order valence-electron chi connectivity index (χ0n) is 9.72. The van der Waals surface area contributed by atoms with Crippen molar-refractivity contribution in [2.24, 2.45) is 0 Å². The van der Waals surface area contributed by atoms with Crippen LogP contribution in [-0.2, 0) is 11.2 Å². The third-order valence-corrected chi connectivity index (χ3v) is 2.93. The average molecular weight is 317 g/mol. The van der Waals surface area contributed by atoms with Crippen LogP contribution in [0.5, 0.6) is 0 Å². The topological polar surface area (TPSA) is 92.5 Å². The molecule has 2 N–H and O–H groups in total. The van der Waals surface area contributed by atoms with Gasteiger partial charge in [0.2, 0.25) is 5.91 Å². The smallest absolute Gasteiger partial charge is 0.270 e. The number of amides is 1. The summed E-state index contributed by atoms with van der Waals surface area (Å²) in [6.45, 7) is 1.76. The number of nitrogens with one attached hydrogen (secondary N) is 1. The Morgan fingerprint density at radius 1 is 1.61 bits per heavy atom. The van der Waals surface area contributed by atoms with Gasteiger partial charge in [0, 0.05) is 23.2 Å². The number of nitro groups is 1. The van der Waals surface area contributed by atoms with E-state index < -0.39 is 11.0 Å². The minimum Gasteiger partial charge on any atom is -0.392 e. The lowest BCUT2D eigenvalue weighted by atomic mass is 10.1. The summed E-state index contributed by atoms with van der Waals surface area (Å²) in [4.78, 5) is 21.6. The predicted octanol–water partition coefficient (Wildman–Crippen LogP) is 1.40. The fraction of sp³-hybridized carbons (Fsp3) is 0.364. The molecule has 0 aliphatic rings. The normalized spacial score (nSPS) is 11.9. The first-order valence-corrected chi connectivity index (χ1v) is 6.07. The molecular weight excluding hydrogens is 304 g/mol. The van der Waals surface area contributed by atoms with Gasteiger partial charge in [0.05, 0.1) is 17.4 Å². The highest BCUT2D eigenvalue weighted by Crippen LogP contribution is 2.23. The number of rotatable bonds is 5. The summed E-state index contributed by atoms with van der Waals surface area (Å²) in [6, 6.07) is 4.24. The summed E-state index contributed by atoms with van der Waals surface area (Å²) < 4.78 is 0.517. The minimum absolute atomic E-state index is 0.0324. The van der Waals surface area contributed by atoms with E-state index in [4.69, 9.17) is 5.11 Å².